The summed E-state index contributed by atoms with van der Waals surface area (Å²) in [6.45, 7) is 2.11. The Morgan fingerprint density at radius 2 is 1.68 bits per heavy atom. The maximum absolute atomic E-state index is 5.74. The highest BCUT2D eigenvalue weighted by Gasteiger charge is 2.06. The molecule has 2 aromatic rings. The fourth-order valence-corrected chi connectivity index (χ4v) is 2.40. The maximum Gasteiger partial charge on any atom is 0.193 e. The van der Waals surface area contributed by atoms with Crippen LogP contribution >= 0.6 is 0 Å². The Bertz CT molecular complexity index is 653. The minimum absolute atomic E-state index is 0.610. The maximum atomic E-state index is 5.74. The molecule has 134 valence electrons. The smallest absolute Gasteiger partial charge is 0.193 e. The van der Waals surface area contributed by atoms with Crippen molar-refractivity contribution in [1.29, 1.82) is 0 Å². The van der Waals surface area contributed by atoms with Gasteiger partial charge in [-0.25, -0.2) is 0 Å². The SMILES string of the molecule is CN=C(NCc1ccc(N(C)C)cc1)N(C)CCOc1ccccc1. The molecule has 2 aromatic carbocycles. The van der Waals surface area contributed by atoms with Gasteiger partial charge < -0.3 is 19.9 Å². The second-order valence-corrected chi connectivity index (χ2v) is 6.04. The molecule has 0 aromatic heterocycles. The topological polar surface area (TPSA) is 40.1 Å². The summed E-state index contributed by atoms with van der Waals surface area (Å²) in [5, 5.41) is 3.39. The number of anilines is 1. The lowest BCUT2D eigenvalue weighted by Gasteiger charge is -2.22. The lowest BCUT2D eigenvalue weighted by Crippen LogP contribution is -2.40. The van der Waals surface area contributed by atoms with Crippen molar-refractivity contribution in [1.82, 2.24) is 10.2 Å². The standard InChI is InChI=1S/C20H28N4O/c1-21-20(22-16-17-10-12-18(13-11-17)23(2)3)24(4)14-15-25-19-8-6-5-7-9-19/h5-13H,14-16H2,1-4H3,(H,21,22). The molecular weight excluding hydrogens is 312 g/mol. The van der Waals surface area contributed by atoms with Crippen molar-refractivity contribution in [3.8, 4) is 5.75 Å². The van der Waals surface area contributed by atoms with E-state index in [9.17, 15) is 0 Å². The van der Waals surface area contributed by atoms with E-state index in [-0.39, 0.29) is 0 Å². The second-order valence-electron chi connectivity index (χ2n) is 6.04. The molecule has 0 spiro atoms. The Hall–Kier alpha value is -2.69. The fourth-order valence-electron chi connectivity index (χ4n) is 2.40. The van der Waals surface area contributed by atoms with E-state index >= 15 is 0 Å². The van der Waals surface area contributed by atoms with Crippen LogP contribution in [-0.2, 0) is 6.54 Å². The van der Waals surface area contributed by atoms with Crippen molar-refractivity contribution in [2.24, 2.45) is 4.99 Å². The highest BCUT2D eigenvalue weighted by atomic mass is 16.5. The molecule has 5 heteroatoms. The van der Waals surface area contributed by atoms with Crippen LogP contribution in [-0.4, -0.2) is 52.2 Å². The van der Waals surface area contributed by atoms with Crippen LogP contribution in [0.3, 0.4) is 0 Å². The summed E-state index contributed by atoms with van der Waals surface area (Å²) in [4.78, 5) is 8.50. The van der Waals surface area contributed by atoms with Crippen LogP contribution in [0.5, 0.6) is 5.75 Å². The van der Waals surface area contributed by atoms with Crippen molar-refractivity contribution < 1.29 is 4.74 Å². The number of nitrogens with one attached hydrogen (secondary N) is 1. The van der Waals surface area contributed by atoms with Gasteiger partial charge in [0, 0.05) is 40.4 Å². The number of ether oxygens (including phenoxy) is 1. The summed E-state index contributed by atoms with van der Waals surface area (Å²) in [7, 11) is 7.90. The molecule has 5 nitrogen and oxygen atoms in total. The zero-order chi connectivity index (χ0) is 18.1. The van der Waals surface area contributed by atoms with Crippen molar-refractivity contribution in [3.63, 3.8) is 0 Å². The largest absolute Gasteiger partial charge is 0.492 e. The molecule has 1 N–H and O–H groups in total. The van der Waals surface area contributed by atoms with Gasteiger partial charge in [0.15, 0.2) is 5.96 Å². The van der Waals surface area contributed by atoms with Gasteiger partial charge in [0.05, 0.1) is 6.54 Å². The fraction of sp³-hybridized carbons (Fsp3) is 0.350. The van der Waals surface area contributed by atoms with Crippen molar-refractivity contribution in [2.75, 3.05) is 46.2 Å². The van der Waals surface area contributed by atoms with Gasteiger partial charge in [-0.15, -0.1) is 0 Å². The van der Waals surface area contributed by atoms with Gasteiger partial charge in [0.25, 0.3) is 0 Å². The van der Waals surface area contributed by atoms with Crippen LogP contribution in [0.1, 0.15) is 5.56 Å². The Balaban J connectivity index is 1.78. The summed E-state index contributed by atoms with van der Waals surface area (Å²) >= 11 is 0. The van der Waals surface area contributed by atoms with E-state index in [4.69, 9.17) is 4.74 Å². The molecule has 0 unspecified atom stereocenters. The zero-order valence-electron chi connectivity index (χ0n) is 15.6. The first-order valence-corrected chi connectivity index (χ1v) is 8.46. The number of nitrogens with zero attached hydrogens (tertiary/aromatic N) is 3. The lowest BCUT2D eigenvalue weighted by atomic mass is 10.2. The van der Waals surface area contributed by atoms with E-state index in [2.05, 4.69) is 44.4 Å². The summed E-state index contributed by atoms with van der Waals surface area (Å²) in [6, 6.07) is 18.4. The van der Waals surface area contributed by atoms with Gasteiger partial charge in [-0.2, -0.15) is 0 Å². The van der Waals surface area contributed by atoms with E-state index in [1.54, 1.807) is 7.05 Å². The number of aliphatic imine (C=N–C) groups is 1. The quantitative estimate of drug-likeness (QED) is 0.621. The van der Waals surface area contributed by atoms with E-state index in [0.29, 0.717) is 6.61 Å². The minimum Gasteiger partial charge on any atom is -0.492 e. The predicted molar refractivity (Wildman–Crippen MR) is 106 cm³/mol. The Kier molecular flexibility index (Phi) is 7.14. The van der Waals surface area contributed by atoms with Crippen LogP contribution in [0.15, 0.2) is 59.6 Å². The first-order chi connectivity index (χ1) is 12.1. The van der Waals surface area contributed by atoms with Crippen LogP contribution in [0, 0.1) is 0 Å². The molecule has 0 radical (unpaired) electrons. The predicted octanol–water partition coefficient (Wildman–Crippen LogP) is 2.84. The van der Waals surface area contributed by atoms with Crippen LogP contribution < -0.4 is 15.0 Å². The molecule has 2 rings (SSSR count). The van der Waals surface area contributed by atoms with E-state index in [1.807, 2.05) is 51.5 Å². The number of hydrogen-bond acceptors (Lipinski definition) is 3. The molecule has 0 aliphatic carbocycles. The second kappa shape index (κ2) is 9.57. The van der Waals surface area contributed by atoms with Gasteiger partial charge in [-0.3, -0.25) is 4.99 Å². The Labute approximate surface area is 150 Å². The molecule has 0 saturated carbocycles. The molecule has 25 heavy (non-hydrogen) atoms. The molecule has 0 saturated heterocycles. The highest BCUT2D eigenvalue weighted by Crippen LogP contribution is 2.12. The average Bonchev–Trinajstić information content (AvgIpc) is 2.63. The molecule has 0 fully saturated rings. The third-order valence-corrected chi connectivity index (χ3v) is 3.92. The average molecular weight is 340 g/mol. The van der Waals surface area contributed by atoms with Crippen LogP contribution in [0.4, 0.5) is 5.69 Å². The number of para-hydroxylation sites is 1. The molecule has 0 aliphatic heterocycles. The summed E-state index contributed by atoms with van der Waals surface area (Å²) in [5.74, 6) is 1.74. The Morgan fingerprint density at radius 3 is 2.28 bits per heavy atom. The first-order valence-electron chi connectivity index (χ1n) is 8.46. The van der Waals surface area contributed by atoms with Crippen LogP contribution in [0.25, 0.3) is 0 Å². The number of benzene rings is 2. The van der Waals surface area contributed by atoms with E-state index in [1.165, 1.54) is 11.3 Å². The summed E-state index contributed by atoms with van der Waals surface area (Å²) in [6.07, 6.45) is 0. The highest BCUT2D eigenvalue weighted by molar-refractivity contribution is 5.79. The number of hydrogen-bond donors (Lipinski definition) is 1. The molecule has 0 bridgehead atoms. The third kappa shape index (κ3) is 6.03. The zero-order valence-corrected chi connectivity index (χ0v) is 15.6. The molecule has 0 aliphatic rings. The number of rotatable bonds is 7. The van der Waals surface area contributed by atoms with E-state index in [0.717, 1.165) is 24.8 Å². The Morgan fingerprint density at radius 1 is 1.00 bits per heavy atom. The number of guanidine groups is 1. The third-order valence-electron chi connectivity index (χ3n) is 3.92. The van der Waals surface area contributed by atoms with Gasteiger partial charge >= 0.3 is 0 Å². The molecule has 0 heterocycles. The van der Waals surface area contributed by atoms with E-state index < -0.39 is 0 Å². The molecule has 0 amide bonds. The van der Waals surface area contributed by atoms with Gasteiger partial charge in [0.2, 0.25) is 0 Å². The van der Waals surface area contributed by atoms with Gasteiger partial charge in [-0.1, -0.05) is 30.3 Å². The lowest BCUT2D eigenvalue weighted by molar-refractivity contribution is 0.281. The summed E-state index contributed by atoms with van der Waals surface area (Å²) in [5.41, 5.74) is 2.42. The first kappa shape index (κ1) is 18.6. The summed E-state index contributed by atoms with van der Waals surface area (Å²) < 4.78 is 5.74. The van der Waals surface area contributed by atoms with Crippen molar-refractivity contribution in [3.05, 3.63) is 60.2 Å². The molecule has 0 atom stereocenters. The monoisotopic (exact) mass is 340 g/mol. The normalized spacial score (nSPS) is 11.1. The van der Waals surface area contributed by atoms with Crippen LogP contribution in [0.2, 0.25) is 0 Å². The van der Waals surface area contributed by atoms with Gasteiger partial charge in [0.1, 0.15) is 12.4 Å². The van der Waals surface area contributed by atoms with Gasteiger partial charge in [-0.05, 0) is 29.8 Å². The molecular formula is C20H28N4O. The number of likely N-dealkylation sites (N-methyl/N-ethyl adjacent to an activating group) is 1. The van der Waals surface area contributed by atoms with Crippen molar-refractivity contribution in [2.45, 2.75) is 6.54 Å². The van der Waals surface area contributed by atoms with Crippen molar-refractivity contribution >= 4 is 11.6 Å². The minimum atomic E-state index is 0.610.